The van der Waals surface area contributed by atoms with Crippen LogP contribution >= 0.6 is 24.0 Å². The molecule has 0 saturated heterocycles. The largest absolute Gasteiger partial charge is 0.357 e. The molecule has 0 spiro atoms. The lowest BCUT2D eigenvalue weighted by Gasteiger charge is -2.11. The van der Waals surface area contributed by atoms with Crippen LogP contribution in [0.2, 0.25) is 0 Å². The molecule has 1 aromatic rings. The Balaban J connectivity index is 0.00000484. The lowest BCUT2D eigenvalue weighted by Crippen LogP contribution is -2.38. The summed E-state index contributed by atoms with van der Waals surface area (Å²) in [5, 5.41) is 6.32. The van der Waals surface area contributed by atoms with Crippen LogP contribution in [0.4, 0.5) is 0 Å². The fraction of sp³-hybridized carbons (Fsp3) is 0.571. The number of nitrogens with zero attached hydrogens (tertiary/aromatic N) is 2. The molecule has 0 aromatic carbocycles. The standard InChI is InChI=1S/C14H25N5O2S.HI/c1-3-15-14(18-12-13-8-5-6-9-16-13)17-10-7-11-19-22(20,21)4-2;/h5-6,8-9,19H,3-4,7,10-12H2,1-2H3,(H2,15,17,18);1H. The summed E-state index contributed by atoms with van der Waals surface area (Å²) < 4.78 is 25.1. The van der Waals surface area contributed by atoms with Crippen molar-refractivity contribution in [2.45, 2.75) is 26.8 Å². The van der Waals surface area contributed by atoms with Gasteiger partial charge in [-0.15, -0.1) is 24.0 Å². The van der Waals surface area contributed by atoms with Crippen molar-refractivity contribution >= 4 is 40.0 Å². The van der Waals surface area contributed by atoms with Crippen LogP contribution < -0.4 is 15.4 Å². The topological polar surface area (TPSA) is 95.5 Å². The van der Waals surface area contributed by atoms with E-state index in [1.165, 1.54) is 0 Å². The number of rotatable bonds is 9. The van der Waals surface area contributed by atoms with E-state index in [1.807, 2.05) is 25.1 Å². The summed E-state index contributed by atoms with van der Waals surface area (Å²) >= 11 is 0. The van der Waals surface area contributed by atoms with Gasteiger partial charge in [-0.2, -0.15) is 0 Å². The summed E-state index contributed by atoms with van der Waals surface area (Å²) in [4.78, 5) is 8.66. The van der Waals surface area contributed by atoms with E-state index < -0.39 is 10.0 Å². The molecule has 9 heteroatoms. The van der Waals surface area contributed by atoms with E-state index in [2.05, 4.69) is 25.3 Å². The first-order valence-electron chi connectivity index (χ1n) is 7.46. The predicted octanol–water partition coefficient (Wildman–Crippen LogP) is 1.08. The smallest absolute Gasteiger partial charge is 0.211 e. The molecule has 0 aliphatic heterocycles. The van der Waals surface area contributed by atoms with E-state index in [0.29, 0.717) is 32.0 Å². The average molecular weight is 455 g/mol. The van der Waals surface area contributed by atoms with Crippen molar-refractivity contribution in [3.63, 3.8) is 0 Å². The van der Waals surface area contributed by atoms with Gasteiger partial charge in [0.1, 0.15) is 0 Å². The zero-order valence-electron chi connectivity index (χ0n) is 13.6. The number of aromatic nitrogens is 1. The second-order valence-corrected chi connectivity index (χ2v) is 6.69. The van der Waals surface area contributed by atoms with Crippen LogP contribution in [0.1, 0.15) is 26.0 Å². The highest BCUT2D eigenvalue weighted by atomic mass is 127. The van der Waals surface area contributed by atoms with Crippen molar-refractivity contribution in [2.24, 2.45) is 4.99 Å². The van der Waals surface area contributed by atoms with E-state index in [9.17, 15) is 8.42 Å². The van der Waals surface area contributed by atoms with E-state index >= 15 is 0 Å². The van der Waals surface area contributed by atoms with Gasteiger partial charge in [-0.1, -0.05) is 6.07 Å². The van der Waals surface area contributed by atoms with Crippen LogP contribution in [0.5, 0.6) is 0 Å². The van der Waals surface area contributed by atoms with Crippen LogP contribution in [-0.2, 0) is 16.6 Å². The van der Waals surface area contributed by atoms with Crippen LogP contribution in [0.3, 0.4) is 0 Å². The lowest BCUT2D eigenvalue weighted by molar-refractivity contribution is 0.579. The normalized spacial score (nSPS) is 11.7. The van der Waals surface area contributed by atoms with Gasteiger partial charge in [0.05, 0.1) is 18.0 Å². The number of nitrogens with one attached hydrogen (secondary N) is 3. The molecule has 1 rings (SSSR count). The van der Waals surface area contributed by atoms with Gasteiger partial charge in [-0.05, 0) is 32.4 Å². The van der Waals surface area contributed by atoms with E-state index in [4.69, 9.17) is 0 Å². The molecule has 7 nitrogen and oxygen atoms in total. The first kappa shape index (κ1) is 22.1. The monoisotopic (exact) mass is 455 g/mol. The van der Waals surface area contributed by atoms with Crippen LogP contribution in [0, 0.1) is 0 Å². The molecule has 23 heavy (non-hydrogen) atoms. The Kier molecular flexibility index (Phi) is 12.0. The molecule has 0 radical (unpaired) electrons. The number of guanidine groups is 1. The Morgan fingerprint density at radius 1 is 1.22 bits per heavy atom. The SMILES string of the molecule is CCNC(=NCc1ccccn1)NCCCNS(=O)(=O)CC.I. The van der Waals surface area contributed by atoms with E-state index in [1.54, 1.807) is 13.1 Å². The molecule has 0 saturated carbocycles. The Morgan fingerprint density at radius 2 is 2.00 bits per heavy atom. The summed E-state index contributed by atoms with van der Waals surface area (Å²) in [5.74, 6) is 0.806. The van der Waals surface area contributed by atoms with Crippen molar-refractivity contribution in [1.29, 1.82) is 0 Å². The predicted molar refractivity (Wildman–Crippen MR) is 105 cm³/mol. The van der Waals surface area contributed by atoms with Crippen molar-refractivity contribution in [3.8, 4) is 0 Å². The first-order chi connectivity index (χ1) is 10.6. The van der Waals surface area contributed by atoms with Gasteiger partial charge >= 0.3 is 0 Å². The Labute approximate surface area is 155 Å². The van der Waals surface area contributed by atoms with Crippen molar-refractivity contribution in [2.75, 3.05) is 25.4 Å². The third-order valence-electron chi connectivity index (χ3n) is 2.82. The third-order valence-corrected chi connectivity index (χ3v) is 4.22. The maximum Gasteiger partial charge on any atom is 0.211 e. The van der Waals surface area contributed by atoms with Gasteiger partial charge in [-0.3, -0.25) is 4.98 Å². The van der Waals surface area contributed by atoms with Gasteiger partial charge in [0, 0.05) is 25.8 Å². The van der Waals surface area contributed by atoms with Gasteiger partial charge in [-0.25, -0.2) is 18.1 Å². The number of hydrogen-bond acceptors (Lipinski definition) is 4. The Morgan fingerprint density at radius 3 is 2.61 bits per heavy atom. The molecule has 3 N–H and O–H groups in total. The van der Waals surface area contributed by atoms with Gasteiger partial charge in [0.2, 0.25) is 10.0 Å². The minimum atomic E-state index is -3.11. The zero-order valence-corrected chi connectivity index (χ0v) is 16.7. The maximum atomic E-state index is 11.3. The highest BCUT2D eigenvalue weighted by molar-refractivity contribution is 14.0. The second-order valence-electron chi connectivity index (χ2n) is 4.59. The second kappa shape index (κ2) is 12.5. The number of halogens is 1. The Bertz CT molecular complexity index is 552. The third kappa shape index (κ3) is 10.4. The minimum Gasteiger partial charge on any atom is -0.357 e. The first-order valence-corrected chi connectivity index (χ1v) is 9.12. The van der Waals surface area contributed by atoms with E-state index in [0.717, 1.165) is 12.2 Å². The summed E-state index contributed by atoms with van der Waals surface area (Å²) in [7, 11) is -3.11. The molecular formula is C14H26IN5O2S. The Hall–Kier alpha value is -0.940. The summed E-state index contributed by atoms with van der Waals surface area (Å²) in [6, 6.07) is 5.72. The molecule has 0 amide bonds. The highest BCUT2D eigenvalue weighted by Gasteiger charge is 2.04. The molecule has 0 atom stereocenters. The summed E-state index contributed by atoms with van der Waals surface area (Å²) in [6.07, 6.45) is 2.43. The number of pyridine rings is 1. The van der Waals surface area contributed by atoms with Crippen LogP contribution in [0.15, 0.2) is 29.4 Å². The molecule has 1 heterocycles. The quantitative estimate of drug-likeness (QED) is 0.224. The van der Waals surface area contributed by atoms with Gasteiger partial charge in [0.15, 0.2) is 5.96 Å². The molecule has 0 aliphatic rings. The fourth-order valence-corrected chi connectivity index (χ4v) is 2.28. The average Bonchev–Trinajstić information content (AvgIpc) is 2.53. The van der Waals surface area contributed by atoms with Crippen molar-refractivity contribution in [3.05, 3.63) is 30.1 Å². The molecule has 0 aliphatic carbocycles. The van der Waals surface area contributed by atoms with Crippen molar-refractivity contribution in [1.82, 2.24) is 20.3 Å². The number of hydrogen-bond donors (Lipinski definition) is 3. The molecule has 1 aromatic heterocycles. The summed E-state index contributed by atoms with van der Waals surface area (Å²) in [6.45, 7) is 5.93. The van der Waals surface area contributed by atoms with Crippen molar-refractivity contribution < 1.29 is 8.42 Å². The molecular weight excluding hydrogens is 429 g/mol. The molecule has 132 valence electrons. The van der Waals surface area contributed by atoms with E-state index in [-0.39, 0.29) is 29.7 Å². The van der Waals surface area contributed by atoms with Crippen LogP contribution in [0.25, 0.3) is 0 Å². The number of sulfonamides is 1. The zero-order chi connectivity index (χ0) is 16.3. The molecule has 0 fully saturated rings. The molecule has 0 unspecified atom stereocenters. The lowest BCUT2D eigenvalue weighted by atomic mass is 10.3. The summed E-state index contributed by atoms with van der Waals surface area (Å²) in [5.41, 5.74) is 0.899. The maximum absolute atomic E-state index is 11.3. The number of aliphatic imine (C=N–C) groups is 1. The molecule has 0 bridgehead atoms. The fourth-order valence-electron chi connectivity index (χ4n) is 1.62. The van der Waals surface area contributed by atoms with Crippen LogP contribution in [-0.4, -0.2) is 44.7 Å². The highest BCUT2D eigenvalue weighted by Crippen LogP contribution is 1.95. The van der Waals surface area contributed by atoms with Gasteiger partial charge in [0.25, 0.3) is 0 Å². The van der Waals surface area contributed by atoms with Gasteiger partial charge < -0.3 is 10.6 Å². The minimum absolute atomic E-state index is 0.